The van der Waals surface area contributed by atoms with Crippen LogP contribution in [0.1, 0.15) is 22.7 Å². The van der Waals surface area contributed by atoms with Crippen LogP contribution >= 0.6 is 0 Å². The highest BCUT2D eigenvalue weighted by Crippen LogP contribution is 2.30. The molecule has 0 spiro atoms. The lowest BCUT2D eigenvalue weighted by Crippen LogP contribution is -2.29. The number of hydrazine groups is 1. The molecule has 2 rings (SSSR count). The van der Waals surface area contributed by atoms with E-state index in [0.29, 0.717) is 16.9 Å². The molecule has 0 aliphatic heterocycles. The number of nitrogens with one attached hydrogen (secondary N) is 1. The van der Waals surface area contributed by atoms with Gasteiger partial charge >= 0.3 is 0 Å². The number of nitrogens with two attached hydrogens (primary N) is 1. The van der Waals surface area contributed by atoms with Crippen LogP contribution < -0.4 is 16.0 Å². The third-order valence-electron chi connectivity index (χ3n) is 3.18. The highest BCUT2D eigenvalue weighted by molar-refractivity contribution is 5.42. The number of hydrogen-bond donors (Lipinski definition) is 2. The van der Waals surface area contributed by atoms with Crippen molar-refractivity contribution in [1.29, 1.82) is 0 Å². The molecule has 0 aliphatic rings. The fraction of sp³-hybridized carbons (Fsp3) is 0.200. The molecule has 0 aliphatic carbocycles. The van der Waals surface area contributed by atoms with Crippen molar-refractivity contribution in [2.75, 3.05) is 7.11 Å². The van der Waals surface area contributed by atoms with Gasteiger partial charge in [-0.1, -0.05) is 12.1 Å². The van der Waals surface area contributed by atoms with E-state index in [1.54, 1.807) is 19.1 Å². The number of benzene rings is 2. The van der Waals surface area contributed by atoms with Gasteiger partial charge < -0.3 is 4.74 Å². The van der Waals surface area contributed by atoms with Crippen molar-refractivity contribution in [3.8, 4) is 5.75 Å². The Labute approximate surface area is 116 Å². The summed E-state index contributed by atoms with van der Waals surface area (Å²) in [7, 11) is 1.50. The Morgan fingerprint density at radius 3 is 2.50 bits per heavy atom. The third-order valence-corrected chi connectivity index (χ3v) is 3.18. The molecule has 0 fully saturated rings. The minimum Gasteiger partial charge on any atom is -0.496 e. The Morgan fingerprint density at radius 1 is 1.15 bits per heavy atom. The third kappa shape index (κ3) is 2.79. The first-order valence-corrected chi connectivity index (χ1v) is 6.12. The Morgan fingerprint density at radius 2 is 1.90 bits per heavy atom. The molecule has 0 amide bonds. The predicted molar refractivity (Wildman–Crippen MR) is 73.3 cm³/mol. The van der Waals surface area contributed by atoms with Crippen LogP contribution in [0.4, 0.5) is 8.78 Å². The standard InChI is InChI=1S/C15H16F2N2O/c1-9-7-10(3-5-13(9)17)15(19-18)12-8-11(16)4-6-14(12)20-2/h3-8,15,19H,18H2,1-2H3. The molecule has 0 radical (unpaired) electrons. The molecule has 0 saturated carbocycles. The molecule has 3 N–H and O–H groups in total. The molecule has 0 aromatic heterocycles. The molecule has 0 saturated heterocycles. The second kappa shape index (κ2) is 5.98. The van der Waals surface area contributed by atoms with Crippen LogP contribution in [0.25, 0.3) is 0 Å². The normalized spacial score (nSPS) is 12.2. The van der Waals surface area contributed by atoms with Gasteiger partial charge in [-0.2, -0.15) is 0 Å². The van der Waals surface area contributed by atoms with Crippen LogP contribution in [0, 0.1) is 18.6 Å². The summed E-state index contributed by atoms with van der Waals surface area (Å²) in [5.74, 6) is 5.40. The number of aryl methyl sites for hydroxylation is 1. The molecule has 5 heteroatoms. The zero-order valence-corrected chi connectivity index (χ0v) is 11.3. The first-order valence-electron chi connectivity index (χ1n) is 6.12. The van der Waals surface area contributed by atoms with Gasteiger partial charge in [-0.15, -0.1) is 0 Å². The van der Waals surface area contributed by atoms with Crippen LogP contribution in [0.2, 0.25) is 0 Å². The molecule has 0 bridgehead atoms. The summed E-state index contributed by atoms with van der Waals surface area (Å²) >= 11 is 0. The average Bonchev–Trinajstić information content (AvgIpc) is 2.44. The number of methoxy groups -OCH3 is 1. The van der Waals surface area contributed by atoms with E-state index in [1.165, 1.54) is 31.4 Å². The monoisotopic (exact) mass is 278 g/mol. The summed E-state index contributed by atoms with van der Waals surface area (Å²) in [6, 6.07) is 8.35. The Kier molecular flexibility index (Phi) is 4.32. The number of halogens is 2. The summed E-state index contributed by atoms with van der Waals surface area (Å²) in [6.07, 6.45) is 0. The van der Waals surface area contributed by atoms with Gasteiger partial charge in [-0.3, -0.25) is 5.84 Å². The van der Waals surface area contributed by atoms with Gasteiger partial charge in [0.15, 0.2) is 0 Å². The van der Waals surface area contributed by atoms with Crippen LogP contribution in [0.15, 0.2) is 36.4 Å². The minimum absolute atomic E-state index is 0.296. The zero-order chi connectivity index (χ0) is 14.7. The maximum absolute atomic E-state index is 13.5. The lowest BCUT2D eigenvalue weighted by atomic mass is 9.97. The van der Waals surface area contributed by atoms with Gasteiger partial charge in [0, 0.05) is 5.56 Å². The van der Waals surface area contributed by atoms with Crippen molar-refractivity contribution >= 4 is 0 Å². The highest BCUT2D eigenvalue weighted by atomic mass is 19.1. The number of ether oxygens (including phenoxy) is 1. The van der Waals surface area contributed by atoms with Crippen molar-refractivity contribution in [3.05, 3.63) is 64.7 Å². The lowest BCUT2D eigenvalue weighted by molar-refractivity contribution is 0.402. The summed E-state index contributed by atoms with van der Waals surface area (Å²) in [4.78, 5) is 0. The molecule has 1 atom stereocenters. The topological polar surface area (TPSA) is 47.3 Å². The van der Waals surface area contributed by atoms with Crippen LogP contribution in [-0.4, -0.2) is 7.11 Å². The van der Waals surface area contributed by atoms with Gasteiger partial charge in [0.2, 0.25) is 0 Å². The van der Waals surface area contributed by atoms with Crippen LogP contribution in [0.3, 0.4) is 0 Å². The van der Waals surface area contributed by atoms with Crippen molar-refractivity contribution in [2.24, 2.45) is 5.84 Å². The molecule has 3 nitrogen and oxygen atoms in total. The predicted octanol–water partition coefficient (Wildman–Crippen LogP) is 2.83. The van der Waals surface area contributed by atoms with Crippen molar-refractivity contribution in [1.82, 2.24) is 5.43 Å². The first-order chi connectivity index (χ1) is 9.56. The summed E-state index contributed by atoms with van der Waals surface area (Å²) in [5, 5.41) is 0. The average molecular weight is 278 g/mol. The fourth-order valence-corrected chi connectivity index (χ4v) is 2.14. The quantitative estimate of drug-likeness (QED) is 0.668. The van der Waals surface area contributed by atoms with E-state index in [4.69, 9.17) is 10.6 Å². The summed E-state index contributed by atoms with van der Waals surface area (Å²) in [6.45, 7) is 1.66. The van der Waals surface area contributed by atoms with E-state index < -0.39 is 6.04 Å². The summed E-state index contributed by atoms with van der Waals surface area (Å²) < 4.78 is 32.0. The minimum atomic E-state index is -0.486. The van der Waals surface area contributed by atoms with E-state index in [2.05, 4.69) is 5.43 Å². The highest BCUT2D eigenvalue weighted by Gasteiger charge is 2.18. The van der Waals surface area contributed by atoms with E-state index in [9.17, 15) is 8.78 Å². The van der Waals surface area contributed by atoms with E-state index in [1.807, 2.05) is 0 Å². The second-order valence-electron chi connectivity index (χ2n) is 4.49. The van der Waals surface area contributed by atoms with E-state index in [-0.39, 0.29) is 11.6 Å². The lowest BCUT2D eigenvalue weighted by Gasteiger charge is -2.20. The number of rotatable bonds is 4. The van der Waals surface area contributed by atoms with Crippen LogP contribution in [-0.2, 0) is 0 Å². The van der Waals surface area contributed by atoms with Gasteiger partial charge in [0.25, 0.3) is 0 Å². The van der Waals surface area contributed by atoms with Crippen molar-refractivity contribution < 1.29 is 13.5 Å². The van der Waals surface area contributed by atoms with Crippen molar-refractivity contribution in [2.45, 2.75) is 13.0 Å². The zero-order valence-electron chi connectivity index (χ0n) is 11.3. The Balaban J connectivity index is 2.51. The second-order valence-corrected chi connectivity index (χ2v) is 4.49. The molecule has 1 unspecified atom stereocenters. The summed E-state index contributed by atoms with van der Waals surface area (Å²) in [5.41, 5.74) is 4.40. The Bertz CT molecular complexity index is 617. The SMILES string of the molecule is COc1ccc(F)cc1C(NN)c1ccc(F)c(C)c1. The number of hydrogen-bond acceptors (Lipinski definition) is 3. The molecular formula is C15H16F2N2O. The molecule has 0 heterocycles. The molecule has 20 heavy (non-hydrogen) atoms. The van der Waals surface area contributed by atoms with Gasteiger partial charge in [0.05, 0.1) is 13.2 Å². The maximum atomic E-state index is 13.5. The van der Waals surface area contributed by atoms with Gasteiger partial charge in [-0.25, -0.2) is 14.2 Å². The fourth-order valence-electron chi connectivity index (χ4n) is 2.14. The first kappa shape index (κ1) is 14.4. The van der Waals surface area contributed by atoms with Gasteiger partial charge in [-0.05, 0) is 42.3 Å². The van der Waals surface area contributed by atoms with Crippen LogP contribution in [0.5, 0.6) is 5.75 Å². The van der Waals surface area contributed by atoms with E-state index in [0.717, 1.165) is 5.56 Å². The smallest absolute Gasteiger partial charge is 0.126 e. The van der Waals surface area contributed by atoms with E-state index >= 15 is 0 Å². The molecule has 2 aromatic rings. The maximum Gasteiger partial charge on any atom is 0.126 e. The van der Waals surface area contributed by atoms with Gasteiger partial charge in [0.1, 0.15) is 17.4 Å². The van der Waals surface area contributed by atoms with Crippen molar-refractivity contribution in [3.63, 3.8) is 0 Å². The molecular weight excluding hydrogens is 262 g/mol. The molecule has 106 valence electrons. The molecule has 2 aromatic carbocycles. The Hall–Kier alpha value is -1.98. The largest absolute Gasteiger partial charge is 0.496 e.